The van der Waals surface area contributed by atoms with Crippen LogP contribution in [0.1, 0.15) is 37.8 Å². The van der Waals surface area contributed by atoms with Gasteiger partial charge < -0.3 is 31.1 Å². The van der Waals surface area contributed by atoms with Crippen LogP contribution in [0.3, 0.4) is 0 Å². The number of esters is 1. The van der Waals surface area contributed by atoms with Gasteiger partial charge in [0.1, 0.15) is 12.1 Å². The van der Waals surface area contributed by atoms with Crippen molar-refractivity contribution in [1.29, 1.82) is 5.41 Å². The second kappa shape index (κ2) is 15.8. The molecule has 1 saturated heterocycles. The van der Waals surface area contributed by atoms with Gasteiger partial charge in [-0.15, -0.1) is 0 Å². The van der Waals surface area contributed by atoms with Crippen molar-refractivity contribution in [3.63, 3.8) is 0 Å². The minimum atomic E-state index is -4.28. The fraction of sp³-hybridized carbons (Fsp3) is 0.323. The molecule has 0 saturated carbocycles. The number of fused-ring (bicyclic) bond motifs is 1. The topological polar surface area (TPSA) is 226 Å². The van der Waals surface area contributed by atoms with Gasteiger partial charge in [-0.2, -0.15) is 4.72 Å². The Balaban J connectivity index is 0.00000136. The SMILES string of the molecule is CC(=O)O.CN(C(=O)[C@H](CC(N)=O)NS(=O)(=O)c1ccc2ccccc2c1)C(C(=O)O[C@H]1CCCN(C(=N)N)C1)c1ccccc1. The number of amides is 2. The van der Waals surface area contributed by atoms with Crippen LogP contribution in [0, 0.1) is 5.41 Å². The number of carboxylic acids is 1. The van der Waals surface area contributed by atoms with E-state index < -0.39 is 58.4 Å². The minimum Gasteiger partial charge on any atom is -0.481 e. The minimum absolute atomic E-state index is 0.0996. The number of nitrogens with one attached hydrogen (secondary N) is 2. The maximum Gasteiger partial charge on any atom is 0.333 e. The molecule has 0 bridgehead atoms. The van der Waals surface area contributed by atoms with Gasteiger partial charge in [0.25, 0.3) is 5.97 Å². The van der Waals surface area contributed by atoms with Gasteiger partial charge in [0.2, 0.25) is 21.8 Å². The number of carbonyl (C=O) groups excluding carboxylic acids is 3. The highest BCUT2D eigenvalue weighted by atomic mass is 32.2. The first-order chi connectivity index (χ1) is 21.7. The molecule has 15 heteroatoms. The van der Waals surface area contributed by atoms with Crippen molar-refractivity contribution in [3.05, 3.63) is 78.4 Å². The second-order valence-corrected chi connectivity index (χ2v) is 12.4. The van der Waals surface area contributed by atoms with Crippen molar-refractivity contribution in [3.8, 4) is 0 Å². The van der Waals surface area contributed by atoms with Crippen LogP contribution >= 0.6 is 0 Å². The summed E-state index contributed by atoms with van der Waals surface area (Å²) in [7, 11) is -2.95. The van der Waals surface area contributed by atoms with Crippen LogP contribution < -0.4 is 16.2 Å². The number of hydrogen-bond donors (Lipinski definition) is 5. The Morgan fingerprint density at radius 1 is 1.04 bits per heavy atom. The molecule has 3 aromatic rings. The lowest BCUT2D eigenvalue weighted by Crippen LogP contribution is -2.51. The summed E-state index contributed by atoms with van der Waals surface area (Å²) < 4.78 is 34.8. The molecule has 1 aliphatic heterocycles. The Bertz CT molecular complexity index is 1680. The molecular weight excluding hydrogens is 616 g/mol. The maximum atomic E-state index is 13.8. The number of rotatable bonds is 10. The number of likely N-dealkylation sites (tertiary alicyclic amines) is 1. The van der Waals surface area contributed by atoms with E-state index in [-0.39, 0.29) is 17.4 Å². The lowest BCUT2D eigenvalue weighted by Gasteiger charge is -2.35. The van der Waals surface area contributed by atoms with E-state index in [0.717, 1.165) is 17.2 Å². The van der Waals surface area contributed by atoms with Crippen molar-refractivity contribution < 1.29 is 37.4 Å². The highest BCUT2D eigenvalue weighted by Gasteiger charge is 2.37. The van der Waals surface area contributed by atoms with Gasteiger partial charge in [-0.1, -0.05) is 60.7 Å². The van der Waals surface area contributed by atoms with E-state index in [2.05, 4.69) is 4.72 Å². The zero-order valence-electron chi connectivity index (χ0n) is 25.5. The van der Waals surface area contributed by atoms with Crippen LogP contribution in [0.15, 0.2) is 77.7 Å². The first-order valence-electron chi connectivity index (χ1n) is 14.3. The lowest BCUT2D eigenvalue weighted by atomic mass is 10.0. The summed E-state index contributed by atoms with van der Waals surface area (Å²) in [4.78, 5) is 50.8. The van der Waals surface area contributed by atoms with Crippen LogP contribution in [0.2, 0.25) is 0 Å². The molecule has 1 unspecified atom stereocenters. The molecule has 1 heterocycles. The fourth-order valence-corrected chi connectivity index (χ4v) is 6.20. The summed E-state index contributed by atoms with van der Waals surface area (Å²) in [6, 6.07) is 17.2. The normalized spacial score (nSPS) is 15.9. The molecule has 0 aliphatic carbocycles. The van der Waals surface area contributed by atoms with Crippen molar-refractivity contribution in [2.75, 3.05) is 20.1 Å². The monoisotopic (exact) mass is 654 g/mol. The number of piperidine rings is 1. The molecule has 4 rings (SSSR count). The summed E-state index contributed by atoms with van der Waals surface area (Å²) in [5, 5.41) is 16.6. The quantitative estimate of drug-likeness (QED) is 0.120. The largest absolute Gasteiger partial charge is 0.481 e. The highest BCUT2D eigenvalue weighted by Crippen LogP contribution is 2.26. The first-order valence-corrected chi connectivity index (χ1v) is 15.8. The van der Waals surface area contributed by atoms with E-state index in [0.29, 0.717) is 30.3 Å². The number of sulfonamides is 1. The van der Waals surface area contributed by atoms with Gasteiger partial charge in [0.15, 0.2) is 12.0 Å². The summed E-state index contributed by atoms with van der Waals surface area (Å²) in [5.41, 5.74) is 11.4. The molecule has 7 N–H and O–H groups in total. The van der Waals surface area contributed by atoms with Crippen LogP contribution in [0.4, 0.5) is 0 Å². The standard InChI is InChI=1S/C29H34N6O6S.C2H4O2/c1-34(26(20-9-3-2-4-10-20)28(38)41-22-12-7-15-35(18-22)29(31)32)27(37)24(17-25(30)36)33-42(39,40)23-14-13-19-8-5-6-11-21(19)16-23;1-2(3)4/h2-6,8-11,13-14,16,22,24,26,33H,7,12,15,17-18H2,1H3,(H2,30,36)(H3,31,32);1H3,(H,3,4)/t22-,24-,26?;/m0./s1. The smallest absolute Gasteiger partial charge is 0.333 e. The van der Waals surface area contributed by atoms with E-state index in [4.69, 9.17) is 31.5 Å². The third-order valence-electron chi connectivity index (χ3n) is 7.11. The molecule has 0 aromatic heterocycles. The van der Waals surface area contributed by atoms with Crippen LogP contribution in [0.5, 0.6) is 0 Å². The predicted octanol–water partition coefficient (Wildman–Crippen LogP) is 1.55. The van der Waals surface area contributed by atoms with E-state index in [1.54, 1.807) is 53.4 Å². The average molecular weight is 655 g/mol. The van der Waals surface area contributed by atoms with Gasteiger partial charge in [-0.3, -0.25) is 19.8 Å². The third kappa shape index (κ3) is 9.74. The van der Waals surface area contributed by atoms with E-state index in [1.165, 1.54) is 19.2 Å². The van der Waals surface area contributed by atoms with Gasteiger partial charge in [0.05, 0.1) is 17.9 Å². The maximum absolute atomic E-state index is 13.8. The summed E-state index contributed by atoms with van der Waals surface area (Å²) in [6.07, 6.45) is -0.00926. The summed E-state index contributed by atoms with van der Waals surface area (Å²) in [5.74, 6) is -3.47. The van der Waals surface area contributed by atoms with Crippen molar-refractivity contribution in [2.45, 2.75) is 49.3 Å². The molecule has 0 radical (unpaired) electrons. The molecule has 14 nitrogen and oxygen atoms in total. The molecule has 1 aliphatic rings. The Hall–Kier alpha value is -5.02. The number of nitrogens with zero attached hydrogens (tertiary/aromatic N) is 2. The predicted molar refractivity (Wildman–Crippen MR) is 170 cm³/mol. The molecule has 0 spiro atoms. The number of guanidine groups is 1. The number of carboxylic acid groups (broad SMARTS) is 1. The number of likely N-dealkylation sites (N-methyl/N-ethyl adjacent to an activating group) is 1. The molecule has 246 valence electrons. The second-order valence-electron chi connectivity index (χ2n) is 10.7. The number of aliphatic carboxylic acids is 1. The molecule has 1 fully saturated rings. The third-order valence-corrected chi connectivity index (χ3v) is 8.58. The van der Waals surface area contributed by atoms with Crippen LogP contribution in [0.25, 0.3) is 10.8 Å². The first kappa shape index (κ1) is 35.5. The van der Waals surface area contributed by atoms with E-state index in [9.17, 15) is 22.8 Å². The number of primary amides is 1. The highest BCUT2D eigenvalue weighted by molar-refractivity contribution is 7.89. The van der Waals surface area contributed by atoms with Crippen molar-refractivity contribution >= 4 is 50.5 Å². The lowest BCUT2D eigenvalue weighted by molar-refractivity contribution is -0.161. The number of nitrogens with two attached hydrogens (primary N) is 2. The Labute approximate surface area is 266 Å². The number of carbonyl (C=O) groups is 4. The van der Waals surface area contributed by atoms with E-state index in [1.807, 2.05) is 12.1 Å². The van der Waals surface area contributed by atoms with Crippen molar-refractivity contribution in [2.24, 2.45) is 11.5 Å². The summed E-state index contributed by atoms with van der Waals surface area (Å²) >= 11 is 0. The zero-order valence-corrected chi connectivity index (χ0v) is 26.3. The molecule has 3 atom stereocenters. The molecule has 46 heavy (non-hydrogen) atoms. The number of benzene rings is 3. The Kier molecular flexibility index (Phi) is 12.2. The summed E-state index contributed by atoms with van der Waals surface area (Å²) in [6.45, 7) is 1.88. The Morgan fingerprint density at radius 2 is 1.65 bits per heavy atom. The number of ether oxygens (including phenoxy) is 1. The van der Waals surface area contributed by atoms with Gasteiger partial charge in [-0.25, -0.2) is 13.2 Å². The molecule has 3 aromatic carbocycles. The Morgan fingerprint density at radius 3 is 2.26 bits per heavy atom. The zero-order chi connectivity index (χ0) is 34.0. The van der Waals surface area contributed by atoms with Crippen molar-refractivity contribution in [1.82, 2.24) is 14.5 Å². The van der Waals surface area contributed by atoms with Gasteiger partial charge in [-0.05, 0) is 41.3 Å². The molecular formula is C31H38N6O8S. The van der Waals surface area contributed by atoms with Crippen LogP contribution in [-0.4, -0.2) is 85.3 Å². The van der Waals surface area contributed by atoms with Crippen LogP contribution in [-0.2, 0) is 33.9 Å². The fourth-order valence-electron chi connectivity index (χ4n) is 4.98. The average Bonchev–Trinajstić information content (AvgIpc) is 3.00. The van der Waals surface area contributed by atoms with Gasteiger partial charge >= 0.3 is 5.97 Å². The van der Waals surface area contributed by atoms with E-state index >= 15 is 0 Å². The number of hydrogen-bond acceptors (Lipinski definition) is 8. The van der Waals surface area contributed by atoms with Gasteiger partial charge in [0, 0.05) is 20.5 Å². The molecule has 2 amide bonds.